The molecule has 1 nitrogen and oxygen atoms in total. The normalized spacial score (nSPS) is 12.4. The van der Waals surface area contributed by atoms with E-state index in [9.17, 15) is 0 Å². The number of hydrogen-bond donors (Lipinski definition) is 1. The number of likely N-dealkylation sites (N-methyl/N-ethyl adjacent to an activating group) is 1. The molecule has 0 fully saturated rings. The molecule has 2 aromatic rings. The van der Waals surface area contributed by atoms with Gasteiger partial charge in [0.05, 0.1) is 0 Å². The Morgan fingerprint density at radius 2 is 1.89 bits per heavy atom. The molecule has 2 aromatic carbocycles. The molecule has 2 rings (SSSR count). The maximum Gasteiger partial charge on any atom is 0.0465 e. The van der Waals surface area contributed by atoms with Crippen molar-refractivity contribution in [1.29, 1.82) is 0 Å². The van der Waals surface area contributed by atoms with E-state index in [0.29, 0.717) is 0 Å². The zero-order chi connectivity index (χ0) is 13.7. The molecule has 0 spiro atoms. The van der Waals surface area contributed by atoms with Crippen LogP contribution in [0.5, 0.6) is 0 Å². The van der Waals surface area contributed by atoms with Gasteiger partial charge in [0.1, 0.15) is 0 Å². The largest absolute Gasteiger partial charge is 0.310 e. The van der Waals surface area contributed by atoms with Gasteiger partial charge in [0.15, 0.2) is 0 Å². The summed E-state index contributed by atoms with van der Waals surface area (Å²) in [5.74, 6) is 0. The lowest BCUT2D eigenvalue weighted by atomic mass is 9.99. The minimum atomic E-state index is 0.244. The zero-order valence-corrected chi connectivity index (χ0v) is 13.2. The SMILES string of the molecule is CCNC(Cc1ccccc1)c1ccc(Br)cc1Cl. The van der Waals surface area contributed by atoms with E-state index in [0.717, 1.165) is 28.0 Å². The van der Waals surface area contributed by atoms with Crippen LogP contribution in [0.25, 0.3) is 0 Å². The fraction of sp³-hybridized carbons (Fsp3) is 0.250. The first-order valence-electron chi connectivity index (χ1n) is 6.43. The van der Waals surface area contributed by atoms with E-state index in [-0.39, 0.29) is 6.04 Å². The van der Waals surface area contributed by atoms with Gasteiger partial charge in [0, 0.05) is 15.5 Å². The average molecular weight is 339 g/mol. The lowest BCUT2D eigenvalue weighted by Crippen LogP contribution is -2.23. The van der Waals surface area contributed by atoms with Gasteiger partial charge in [0.2, 0.25) is 0 Å². The minimum Gasteiger partial charge on any atom is -0.310 e. The van der Waals surface area contributed by atoms with Gasteiger partial charge in [-0.2, -0.15) is 0 Å². The van der Waals surface area contributed by atoms with Crippen molar-refractivity contribution in [2.45, 2.75) is 19.4 Å². The van der Waals surface area contributed by atoms with Gasteiger partial charge in [0.25, 0.3) is 0 Å². The molecule has 0 aliphatic carbocycles. The highest BCUT2D eigenvalue weighted by Crippen LogP contribution is 2.28. The summed E-state index contributed by atoms with van der Waals surface area (Å²) in [5.41, 5.74) is 2.46. The van der Waals surface area contributed by atoms with Crippen molar-refractivity contribution in [2.75, 3.05) is 6.54 Å². The van der Waals surface area contributed by atoms with E-state index >= 15 is 0 Å². The Kier molecular flexibility index (Phi) is 5.44. The minimum absolute atomic E-state index is 0.244. The van der Waals surface area contributed by atoms with Crippen molar-refractivity contribution in [2.24, 2.45) is 0 Å². The third-order valence-electron chi connectivity index (χ3n) is 3.07. The first-order chi connectivity index (χ1) is 9.20. The van der Waals surface area contributed by atoms with Crippen molar-refractivity contribution < 1.29 is 0 Å². The van der Waals surface area contributed by atoms with Crippen molar-refractivity contribution >= 4 is 27.5 Å². The van der Waals surface area contributed by atoms with Gasteiger partial charge in [-0.25, -0.2) is 0 Å². The molecule has 0 amide bonds. The van der Waals surface area contributed by atoms with Gasteiger partial charge in [-0.15, -0.1) is 0 Å². The quantitative estimate of drug-likeness (QED) is 0.809. The number of rotatable bonds is 5. The molecule has 0 saturated heterocycles. The lowest BCUT2D eigenvalue weighted by molar-refractivity contribution is 0.550. The van der Waals surface area contributed by atoms with Crippen molar-refractivity contribution in [1.82, 2.24) is 5.32 Å². The second-order valence-electron chi connectivity index (χ2n) is 4.47. The van der Waals surface area contributed by atoms with Crippen LogP contribution in [-0.4, -0.2) is 6.54 Å². The van der Waals surface area contributed by atoms with Crippen LogP contribution in [0.2, 0.25) is 5.02 Å². The Labute approximate surface area is 128 Å². The first-order valence-corrected chi connectivity index (χ1v) is 7.60. The summed E-state index contributed by atoms with van der Waals surface area (Å²) in [4.78, 5) is 0. The monoisotopic (exact) mass is 337 g/mol. The average Bonchev–Trinajstić information content (AvgIpc) is 2.39. The second-order valence-corrected chi connectivity index (χ2v) is 5.79. The number of hydrogen-bond acceptors (Lipinski definition) is 1. The van der Waals surface area contributed by atoms with E-state index in [4.69, 9.17) is 11.6 Å². The molecule has 1 unspecified atom stereocenters. The van der Waals surface area contributed by atoms with Crippen LogP contribution in [0.1, 0.15) is 24.1 Å². The molecule has 1 atom stereocenters. The molecule has 1 N–H and O–H groups in total. The molecule has 0 aliphatic rings. The van der Waals surface area contributed by atoms with Crippen LogP contribution in [0.3, 0.4) is 0 Å². The molecule has 19 heavy (non-hydrogen) atoms. The van der Waals surface area contributed by atoms with Crippen LogP contribution in [0.4, 0.5) is 0 Å². The molecule has 0 heterocycles. The molecule has 0 aliphatic heterocycles. The Morgan fingerprint density at radius 3 is 2.53 bits per heavy atom. The fourth-order valence-electron chi connectivity index (χ4n) is 2.17. The van der Waals surface area contributed by atoms with Gasteiger partial charge in [-0.05, 0) is 36.2 Å². The molecule has 0 saturated carbocycles. The van der Waals surface area contributed by atoms with E-state index < -0.39 is 0 Å². The molecular weight excluding hydrogens is 322 g/mol. The first kappa shape index (κ1) is 14.6. The third kappa shape index (κ3) is 4.07. The summed E-state index contributed by atoms with van der Waals surface area (Å²) in [7, 11) is 0. The topological polar surface area (TPSA) is 12.0 Å². The molecule has 100 valence electrons. The highest BCUT2D eigenvalue weighted by molar-refractivity contribution is 9.10. The van der Waals surface area contributed by atoms with Crippen LogP contribution >= 0.6 is 27.5 Å². The van der Waals surface area contributed by atoms with Gasteiger partial charge in [-0.3, -0.25) is 0 Å². The molecule has 3 heteroatoms. The highest BCUT2D eigenvalue weighted by Gasteiger charge is 2.14. The van der Waals surface area contributed by atoms with Gasteiger partial charge < -0.3 is 5.32 Å². The van der Waals surface area contributed by atoms with Crippen molar-refractivity contribution in [3.8, 4) is 0 Å². The van der Waals surface area contributed by atoms with Crippen molar-refractivity contribution in [3.05, 3.63) is 69.2 Å². The zero-order valence-electron chi connectivity index (χ0n) is 10.9. The summed E-state index contributed by atoms with van der Waals surface area (Å²) < 4.78 is 1.01. The maximum atomic E-state index is 6.36. The highest BCUT2D eigenvalue weighted by atomic mass is 79.9. The lowest BCUT2D eigenvalue weighted by Gasteiger charge is -2.20. The van der Waals surface area contributed by atoms with Gasteiger partial charge >= 0.3 is 0 Å². The summed E-state index contributed by atoms with van der Waals surface area (Å²) in [6, 6.07) is 16.8. The summed E-state index contributed by atoms with van der Waals surface area (Å²) >= 11 is 9.80. The molecule has 0 bridgehead atoms. The maximum absolute atomic E-state index is 6.36. The molecule has 0 aromatic heterocycles. The van der Waals surface area contributed by atoms with Crippen LogP contribution < -0.4 is 5.32 Å². The standard InChI is InChI=1S/C16H17BrClN/c1-2-19-16(10-12-6-4-3-5-7-12)14-9-8-13(17)11-15(14)18/h3-9,11,16,19H,2,10H2,1H3. The third-order valence-corrected chi connectivity index (χ3v) is 3.89. The predicted molar refractivity (Wildman–Crippen MR) is 85.7 cm³/mol. The van der Waals surface area contributed by atoms with Crippen LogP contribution in [0.15, 0.2) is 53.0 Å². The van der Waals surface area contributed by atoms with Gasteiger partial charge in [-0.1, -0.05) is 70.9 Å². The Morgan fingerprint density at radius 1 is 1.16 bits per heavy atom. The Bertz CT molecular complexity index is 528. The van der Waals surface area contributed by atoms with Crippen molar-refractivity contribution in [3.63, 3.8) is 0 Å². The van der Waals surface area contributed by atoms with E-state index in [1.165, 1.54) is 5.56 Å². The van der Waals surface area contributed by atoms with Crippen LogP contribution in [0, 0.1) is 0 Å². The summed E-state index contributed by atoms with van der Waals surface area (Å²) in [6.45, 7) is 3.04. The second kappa shape index (κ2) is 7.09. The van der Waals surface area contributed by atoms with E-state index in [1.54, 1.807) is 0 Å². The summed E-state index contributed by atoms with van der Waals surface area (Å²) in [5, 5.41) is 4.31. The number of nitrogens with one attached hydrogen (secondary N) is 1. The van der Waals surface area contributed by atoms with E-state index in [1.807, 2.05) is 18.2 Å². The predicted octanol–water partition coefficient (Wildman–Crippen LogP) is 5.00. The molecule has 0 radical (unpaired) electrons. The number of benzene rings is 2. The number of halogens is 2. The molecular formula is C16H17BrClN. The summed E-state index contributed by atoms with van der Waals surface area (Å²) in [6.07, 6.45) is 0.941. The fourth-order valence-corrected chi connectivity index (χ4v) is 2.98. The Hall–Kier alpha value is -0.830. The smallest absolute Gasteiger partial charge is 0.0465 e. The van der Waals surface area contributed by atoms with E-state index in [2.05, 4.69) is 58.5 Å². The Balaban J connectivity index is 2.24. The van der Waals surface area contributed by atoms with Crippen LogP contribution in [-0.2, 0) is 6.42 Å².